The maximum Gasteiger partial charge on any atom is 0.306 e. The number of Topliss-reactive ketones (excluding diaryl/α,β-unsaturated/α-hetero) is 2. The number of H-pyrrole nitrogens is 1. The Morgan fingerprint density at radius 1 is 1.09 bits per heavy atom. The van der Waals surface area contributed by atoms with Crippen molar-refractivity contribution in [2.24, 2.45) is 0 Å². The van der Waals surface area contributed by atoms with Crippen molar-refractivity contribution in [2.75, 3.05) is 13.2 Å². The summed E-state index contributed by atoms with van der Waals surface area (Å²) >= 11 is 0. The number of rotatable bonds is 11. The summed E-state index contributed by atoms with van der Waals surface area (Å²) in [6.45, 7) is 2.04. The average Bonchev–Trinajstić information content (AvgIpc) is 3.24. The van der Waals surface area contributed by atoms with Crippen LogP contribution in [0.3, 0.4) is 0 Å². The zero-order valence-electron chi connectivity index (χ0n) is 17.7. The molecule has 0 radical (unpaired) electrons. The van der Waals surface area contributed by atoms with Crippen LogP contribution in [0, 0.1) is 11.3 Å². The number of carbonyl (C=O) groups is 3. The van der Waals surface area contributed by atoms with E-state index in [1.807, 2.05) is 19.1 Å². The Hall–Kier alpha value is -3.99. The van der Waals surface area contributed by atoms with Gasteiger partial charge < -0.3 is 14.5 Å². The van der Waals surface area contributed by atoms with E-state index >= 15 is 0 Å². The van der Waals surface area contributed by atoms with E-state index in [9.17, 15) is 19.6 Å². The Bertz CT molecular complexity index is 1110. The predicted octanol–water partition coefficient (Wildman–Crippen LogP) is 3.73. The van der Waals surface area contributed by atoms with E-state index in [0.29, 0.717) is 29.0 Å². The molecular formula is C24H23N3O5. The van der Waals surface area contributed by atoms with Gasteiger partial charge in [0.2, 0.25) is 0 Å². The highest BCUT2D eigenvalue weighted by molar-refractivity contribution is 5.98. The summed E-state index contributed by atoms with van der Waals surface area (Å²) in [6, 6.07) is 15.8. The quantitative estimate of drug-likeness (QED) is 0.361. The molecule has 2 aromatic carbocycles. The molecule has 164 valence electrons. The van der Waals surface area contributed by atoms with Gasteiger partial charge in [0.1, 0.15) is 11.6 Å². The normalized spacial score (nSPS) is 11.5. The van der Waals surface area contributed by atoms with E-state index in [1.54, 1.807) is 42.5 Å². The highest BCUT2D eigenvalue weighted by Gasteiger charge is 2.25. The number of para-hydroxylation sites is 2. The SMILES string of the molecule is CCCOc1ccc(C(=O)CCC(=O)OCC(=O)C(C#N)c2nc3ccccc3[nH]2)cc1. The molecule has 1 unspecified atom stereocenters. The van der Waals surface area contributed by atoms with Gasteiger partial charge in [-0.15, -0.1) is 0 Å². The first-order valence-electron chi connectivity index (χ1n) is 10.3. The van der Waals surface area contributed by atoms with Crippen LogP contribution in [0.5, 0.6) is 5.75 Å². The monoisotopic (exact) mass is 433 g/mol. The fourth-order valence-electron chi connectivity index (χ4n) is 3.02. The number of fused-ring (bicyclic) bond motifs is 1. The molecule has 0 saturated carbocycles. The molecule has 3 rings (SSSR count). The van der Waals surface area contributed by atoms with Gasteiger partial charge >= 0.3 is 5.97 Å². The second kappa shape index (κ2) is 10.9. The van der Waals surface area contributed by atoms with Crippen LogP contribution in [0.2, 0.25) is 0 Å². The van der Waals surface area contributed by atoms with Gasteiger partial charge in [0.05, 0.1) is 30.1 Å². The molecule has 1 heterocycles. The first-order chi connectivity index (χ1) is 15.5. The van der Waals surface area contributed by atoms with Gasteiger partial charge in [-0.25, -0.2) is 4.98 Å². The van der Waals surface area contributed by atoms with Gasteiger partial charge in [0, 0.05) is 12.0 Å². The van der Waals surface area contributed by atoms with Crippen LogP contribution >= 0.6 is 0 Å². The van der Waals surface area contributed by atoms with Gasteiger partial charge in [0.25, 0.3) is 0 Å². The molecule has 0 saturated heterocycles. The number of nitriles is 1. The molecule has 1 N–H and O–H groups in total. The number of carbonyl (C=O) groups excluding carboxylic acids is 3. The number of nitrogens with zero attached hydrogens (tertiary/aromatic N) is 2. The van der Waals surface area contributed by atoms with Crippen LogP contribution in [-0.4, -0.2) is 40.7 Å². The smallest absolute Gasteiger partial charge is 0.306 e. The van der Waals surface area contributed by atoms with Crippen molar-refractivity contribution in [3.05, 3.63) is 59.9 Å². The molecule has 0 aliphatic carbocycles. The zero-order valence-corrected chi connectivity index (χ0v) is 17.7. The topological polar surface area (TPSA) is 122 Å². The first kappa shape index (κ1) is 22.7. The minimum absolute atomic E-state index is 0.0482. The standard InChI is InChI=1S/C24H23N3O5/c1-2-13-31-17-9-7-16(8-10-17)21(28)11-12-23(30)32-15-22(29)18(14-25)24-26-19-5-3-4-6-20(19)27-24/h3-10,18H,2,11-13,15H2,1H3,(H,26,27). The molecule has 8 nitrogen and oxygen atoms in total. The van der Waals surface area contributed by atoms with Crippen molar-refractivity contribution >= 4 is 28.6 Å². The summed E-state index contributed by atoms with van der Waals surface area (Å²) in [6.07, 6.45) is 0.675. The number of ether oxygens (including phenoxy) is 2. The van der Waals surface area contributed by atoms with Crippen molar-refractivity contribution in [1.82, 2.24) is 9.97 Å². The molecule has 0 bridgehead atoms. The third-order valence-corrected chi connectivity index (χ3v) is 4.71. The Morgan fingerprint density at radius 2 is 1.84 bits per heavy atom. The lowest BCUT2D eigenvalue weighted by Gasteiger charge is -2.07. The molecule has 0 amide bonds. The molecule has 0 aliphatic heterocycles. The number of imidazole rings is 1. The number of aromatic nitrogens is 2. The van der Waals surface area contributed by atoms with Gasteiger partial charge in [-0.2, -0.15) is 5.26 Å². The van der Waals surface area contributed by atoms with Crippen LogP contribution in [0.4, 0.5) is 0 Å². The number of hydrogen-bond acceptors (Lipinski definition) is 7. The van der Waals surface area contributed by atoms with Crippen molar-refractivity contribution in [2.45, 2.75) is 32.1 Å². The largest absolute Gasteiger partial charge is 0.494 e. The van der Waals surface area contributed by atoms with Crippen LogP contribution < -0.4 is 4.74 Å². The molecule has 0 aliphatic rings. The van der Waals surface area contributed by atoms with Crippen LogP contribution in [0.15, 0.2) is 48.5 Å². The van der Waals surface area contributed by atoms with E-state index in [4.69, 9.17) is 9.47 Å². The predicted molar refractivity (Wildman–Crippen MR) is 116 cm³/mol. The number of ketones is 2. The zero-order chi connectivity index (χ0) is 22.9. The summed E-state index contributed by atoms with van der Waals surface area (Å²) in [5.74, 6) is -1.78. The molecular weight excluding hydrogens is 410 g/mol. The second-order valence-corrected chi connectivity index (χ2v) is 7.12. The van der Waals surface area contributed by atoms with E-state index in [1.165, 1.54) is 0 Å². The summed E-state index contributed by atoms with van der Waals surface area (Å²) in [5, 5.41) is 9.38. The number of benzene rings is 2. The lowest BCUT2D eigenvalue weighted by molar-refractivity contribution is -0.148. The van der Waals surface area contributed by atoms with Gasteiger partial charge in [0.15, 0.2) is 24.1 Å². The number of esters is 1. The Kier molecular flexibility index (Phi) is 7.70. The molecule has 0 spiro atoms. The van der Waals surface area contributed by atoms with Gasteiger partial charge in [-0.1, -0.05) is 19.1 Å². The van der Waals surface area contributed by atoms with E-state index in [0.717, 1.165) is 6.42 Å². The van der Waals surface area contributed by atoms with Crippen molar-refractivity contribution in [3.63, 3.8) is 0 Å². The number of nitrogens with one attached hydrogen (secondary N) is 1. The third-order valence-electron chi connectivity index (χ3n) is 4.71. The molecule has 32 heavy (non-hydrogen) atoms. The van der Waals surface area contributed by atoms with Crippen molar-refractivity contribution in [3.8, 4) is 11.8 Å². The van der Waals surface area contributed by atoms with Gasteiger partial charge in [-0.3, -0.25) is 14.4 Å². The maximum absolute atomic E-state index is 12.4. The summed E-state index contributed by atoms with van der Waals surface area (Å²) < 4.78 is 10.5. The lowest BCUT2D eigenvalue weighted by Crippen LogP contribution is -2.21. The van der Waals surface area contributed by atoms with Gasteiger partial charge in [-0.05, 0) is 42.8 Å². The van der Waals surface area contributed by atoms with Crippen LogP contribution in [0.25, 0.3) is 11.0 Å². The highest BCUT2D eigenvalue weighted by atomic mass is 16.5. The molecule has 0 fully saturated rings. The minimum atomic E-state index is -1.18. The summed E-state index contributed by atoms with van der Waals surface area (Å²) in [7, 11) is 0. The first-order valence-corrected chi connectivity index (χ1v) is 10.3. The van der Waals surface area contributed by atoms with Crippen LogP contribution in [0.1, 0.15) is 48.3 Å². The summed E-state index contributed by atoms with van der Waals surface area (Å²) in [4.78, 5) is 43.8. The Labute approximate surface area is 185 Å². The Balaban J connectivity index is 1.47. The fourth-order valence-corrected chi connectivity index (χ4v) is 3.02. The van der Waals surface area contributed by atoms with E-state index in [2.05, 4.69) is 9.97 Å². The minimum Gasteiger partial charge on any atom is -0.494 e. The molecule has 1 aromatic heterocycles. The number of hydrogen-bond donors (Lipinski definition) is 1. The fraction of sp³-hybridized carbons (Fsp3) is 0.292. The summed E-state index contributed by atoms with van der Waals surface area (Å²) in [5.41, 5.74) is 1.80. The maximum atomic E-state index is 12.4. The van der Waals surface area contributed by atoms with Crippen molar-refractivity contribution in [1.29, 1.82) is 5.26 Å². The molecule has 1 atom stereocenters. The Morgan fingerprint density at radius 3 is 2.53 bits per heavy atom. The molecule has 3 aromatic rings. The second-order valence-electron chi connectivity index (χ2n) is 7.12. The molecule has 8 heteroatoms. The highest BCUT2D eigenvalue weighted by Crippen LogP contribution is 2.18. The van der Waals surface area contributed by atoms with Crippen LogP contribution in [-0.2, 0) is 14.3 Å². The van der Waals surface area contributed by atoms with E-state index in [-0.39, 0.29) is 24.4 Å². The lowest BCUT2D eigenvalue weighted by atomic mass is 10.1. The van der Waals surface area contributed by atoms with E-state index < -0.39 is 24.3 Å². The third kappa shape index (κ3) is 5.79. The number of aromatic amines is 1. The average molecular weight is 433 g/mol. The van der Waals surface area contributed by atoms with Crippen molar-refractivity contribution < 1.29 is 23.9 Å².